The van der Waals surface area contributed by atoms with E-state index in [2.05, 4.69) is 15.9 Å². The van der Waals surface area contributed by atoms with Crippen molar-refractivity contribution in [2.24, 2.45) is 0 Å². The Bertz CT molecular complexity index is 1510. The highest BCUT2D eigenvalue weighted by molar-refractivity contribution is 9.10. The van der Waals surface area contributed by atoms with Crippen LogP contribution >= 0.6 is 15.9 Å². The molecule has 0 aliphatic carbocycles. The molecule has 4 aromatic rings. The van der Waals surface area contributed by atoms with Gasteiger partial charge in [-0.1, -0.05) is 34.1 Å². The van der Waals surface area contributed by atoms with Crippen molar-refractivity contribution >= 4 is 32.8 Å². The fourth-order valence-corrected chi connectivity index (χ4v) is 4.83. The number of ether oxygens (including phenoxy) is 2. The van der Waals surface area contributed by atoms with Gasteiger partial charge in [-0.05, 0) is 53.6 Å². The molecular weight excluding hydrogens is 493 g/mol. The highest BCUT2D eigenvalue weighted by Gasteiger charge is 2.43. The third-order valence-corrected chi connectivity index (χ3v) is 6.38. The predicted molar refractivity (Wildman–Crippen MR) is 121 cm³/mol. The summed E-state index contributed by atoms with van der Waals surface area (Å²) in [4.78, 5) is 28.6. The van der Waals surface area contributed by atoms with Gasteiger partial charge in [-0.2, -0.15) is 0 Å². The van der Waals surface area contributed by atoms with E-state index in [9.17, 15) is 14.0 Å². The topological polar surface area (TPSA) is 69.0 Å². The summed E-state index contributed by atoms with van der Waals surface area (Å²) in [7, 11) is 0. The third kappa shape index (κ3) is 3.21. The summed E-state index contributed by atoms with van der Waals surface area (Å²) in [5.41, 5.74) is 1.50. The van der Waals surface area contributed by atoms with Gasteiger partial charge in [0.05, 0.1) is 17.0 Å². The van der Waals surface area contributed by atoms with Crippen molar-refractivity contribution in [3.8, 4) is 11.5 Å². The second-order valence-corrected chi connectivity index (χ2v) is 8.81. The second-order valence-electron chi connectivity index (χ2n) is 7.89. The molecule has 33 heavy (non-hydrogen) atoms. The van der Waals surface area contributed by atoms with Gasteiger partial charge in [0.25, 0.3) is 5.91 Å². The van der Waals surface area contributed by atoms with Crippen LogP contribution in [0.4, 0.5) is 4.39 Å². The van der Waals surface area contributed by atoms with Crippen molar-refractivity contribution in [2.75, 3.05) is 6.79 Å². The number of hydrogen-bond acceptors (Lipinski definition) is 5. The van der Waals surface area contributed by atoms with Crippen molar-refractivity contribution in [1.82, 2.24) is 4.90 Å². The van der Waals surface area contributed by atoms with Gasteiger partial charge in [-0.25, -0.2) is 4.39 Å². The number of carbonyl (C=O) groups is 1. The fraction of sp³-hybridized carbons (Fsp3) is 0.120. The first-order chi connectivity index (χ1) is 16.0. The van der Waals surface area contributed by atoms with Gasteiger partial charge in [0, 0.05) is 11.0 Å². The van der Waals surface area contributed by atoms with Gasteiger partial charge in [0.15, 0.2) is 16.9 Å². The van der Waals surface area contributed by atoms with Crippen LogP contribution in [-0.4, -0.2) is 17.6 Å². The van der Waals surface area contributed by atoms with Crippen LogP contribution in [-0.2, 0) is 6.54 Å². The summed E-state index contributed by atoms with van der Waals surface area (Å²) < 4.78 is 31.4. The highest BCUT2D eigenvalue weighted by atomic mass is 79.9. The molecule has 1 atom stereocenters. The van der Waals surface area contributed by atoms with E-state index in [0.29, 0.717) is 11.5 Å². The Labute approximate surface area is 195 Å². The molecule has 1 unspecified atom stereocenters. The summed E-state index contributed by atoms with van der Waals surface area (Å²) in [6, 6.07) is 15.9. The summed E-state index contributed by atoms with van der Waals surface area (Å²) >= 11 is 3.47. The van der Waals surface area contributed by atoms with Crippen LogP contribution in [0.2, 0.25) is 0 Å². The zero-order valence-electron chi connectivity index (χ0n) is 17.0. The number of rotatable bonds is 3. The standard InChI is InChI=1S/C25H15BrFNO5/c26-15-3-1-2-14(9-15)22-21-23(29)17-10-16(27)5-7-18(17)33-24(21)25(30)28(22)11-13-4-6-19-20(8-13)32-12-31-19/h1-10,22H,11-12H2. The quantitative estimate of drug-likeness (QED) is 0.382. The Hall–Kier alpha value is -3.65. The molecule has 164 valence electrons. The zero-order valence-corrected chi connectivity index (χ0v) is 18.6. The molecule has 0 saturated heterocycles. The maximum atomic E-state index is 13.9. The lowest BCUT2D eigenvalue weighted by Gasteiger charge is -2.25. The smallest absolute Gasteiger partial charge is 0.291 e. The minimum Gasteiger partial charge on any atom is -0.454 e. The first-order valence-corrected chi connectivity index (χ1v) is 11.0. The molecule has 1 aromatic heterocycles. The van der Waals surface area contributed by atoms with Gasteiger partial charge in [0.2, 0.25) is 12.6 Å². The van der Waals surface area contributed by atoms with Crippen LogP contribution in [0, 0.1) is 5.82 Å². The Balaban J connectivity index is 1.53. The third-order valence-electron chi connectivity index (χ3n) is 5.88. The second kappa shape index (κ2) is 7.45. The molecule has 0 saturated carbocycles. The van der Waals surface area contributed by atoms with E-state index in [-0.39, 0.29) is 35.6 Å². The zero-order chi connectivity index (χ0) is 22.7. The lowest BCUT2D eigenvalue weighted by atomic mass is 9.98. The molecule has 3 aromatic carbocycles. The Kier molecular flexibility index (Phi) is 4.51. The van der Waals surface area contributed by atoms with Crippen molar-refractivity contribution in [1.29, 1.82) is 0 Å². The molecule has 0 fully saturated rings. The minimum atomic E-state index is -0.695. The SMILES string of the molecule is O=C1c2oc3ccc(F)cc3c(=O)c2C(c2cccc(Br)c2)N1Cc1ccc2c(c1)OCO2. The normalized spacial score (nSPS) is 16.5. The summed E-state index contributed by atoms with van der Waals surface area (Å²) in [6.45, 7) is 0.357. The van der Waals surface area contributed by atoms with Crippen LogP contribution in [0.3, 0.4) is 0 Å². The number of hydrogen-bond donors (Lipinski definition) is 0. The summed E-state index contributed by atoms with van der Waals surface area (Å²) in [6.07, 6.45) is 0. The molecule has 3 heterocycles. The van der Waals surface area contributed by atoms with E-state index in [4.69, 9.17) is 13.9 Å². The maximum Gasteiger partial charge on any atom is 0.291 e. The van der Waals surface area contributed by atoms with Crippen LogP contribution in [0.5, 0.6) is 11.5 Å². The van der Waals surface area contributed by atoms with Gasteiger partial charge in [-0.3, -0.25) is 9.59 Å². The van der Waals surface area contributed by atoms with E-state index >= 15 is 0 Å². The van der Waals surface area contributed by atoms with Crippen molar-refractivity contribution in [3.05, 3.63) is 104 Å². The monoisotopic (exact) mass is 507 g/mol. The molecule has 2 aliphatic heterocycles. The average molecular weight is 508 g/mol. The number of amides is 1. The van der Waals surface area contributed by atoms with Gasteiger partial charge in [-0.15, -0.1) is 0 Å². The van der Waals surface area contributed by atoms with Gasteiger partial charge in [0.1, 0.15) is 11.4 Å². The molecular formula is C25H15BrFNO5. The van der Waals surface area contributed by atoms with Crippen LogP contribution in [0.25, 0.3) is 11.0 Å². The molecule has 0 spiro atoms. The summed E-state index contributed by atoms with van der Waals surface area (Å²) in [5.74, 6) is 0.269. The number of carbonyl (C=O) groups excluding carboxylic acids is 1. The van der Waals surface area contributed by atoms with Crippen molar-refractivity contribution in [2.45, 2.75) is 12.6 Å². The Morgan fingerprint density at radius 3 is 2.70 bits per heavy atom. The fourth-order valence-electron chi connectivity index (χ4n) is 4.41. The van der Waals surface area contributed by atoms with Crippen LogP contribution < -0.4 is 14.9 Å². The van der Waals surface area contributed by atoms with Crippen LogP contribution in [0.1, 0.15) is 33.3 Å². The van der Waals surface area contributed by atoms with Crippen molar-refractivity contribution < 1.29 is 23.1 Å². The molecule has 2 aliphatic rings. The first kappa shape index (κ1) is 20.0. The minimum absolute atomic E-state index is 0.0233. The van der Waals surface area contributed by atoms with E-state index in [1.807, 2.05) is 36.4 Å². The molecule has 0 radical (unpaired) electrons. The van der Waals surface area contributed by atoms with Crippen LogP contribution in [0.15, 0.2) is 74.3 Å². The molecule has 6 rings (SSSR count). The van der Waals surface area contributed by atoms with Gasteiger partial charge >= 0.3 is 0 Å². The number of nitrogens with zero attached hydrogens (tertiary/aromatic N) is 1. The summed E-state index contributed by atoms with van der Waals surface area (Å²) in [5, 5.41) is 0.103. The predicted octanol–water partition coefficient (Wildman–Crippen LogP) is 5.17. The molecule has 6 nitrogen and oxygen atoms in total. The lowest BCUT2D eigenvalue weighted by molar-refractivity contribution is 0.0714. The van der Waals surface area contributed by atoms with E-state index < -0.39 is 23.2 Å². The van der Waals surface area contributed by atoms with E-state index in [0.717, 1.165) is 21.7 Å². The molecule has 0 N–H and O–H groups in total. The first-order valence-electron chi connectivity index (χ1n) is 10.2. The van der Waals surface area contributed by atoms with Gasteiger partial charge < -0.3 is 18.8 Å². The largest absolute Gasteiger partial charge is 0.454 e. The molecule has 1 amide bonds. The van der Waals surface area contributed by atoms with Crippen molar-refractivity contribution in [3.63, 3.8) is 0 Å². The number of benzene rings is 3. The Morgan fingerprint density at radius 2 is 1.85 bits per heavy atom. The molecule has 8 heteroatoms. The highest BCUT2D eigenvalue weighted by Crippen LogP contribution is 2.41. The molecule has 0 bridgehead atoms. The number of fused-ring (bicyclic) bond motifs is 3. The van der Waals surface area contributed by atoms with E-state index in [1.165, 1.54) is 12.1 Å². The average Bonchev–Trinajstić information content (AvgIpc) is 3.37. The Morgan fingerprint density at radius 1 is 1.00 bits per heavy atom. The lowest BCUT2D eigenvalue weighted by Crippen LogP contribution is -2.29. The number of halogens is 2. The maximum absolute atomic E-state index is 13.9. The van der Waals surface area contributed by atoms with E-state index in [1.54, 1.807) is 11.0 Å².